The number of halogens is 2. The van der Waals surface area contributed by atoms with Crippen LogP contribution in [0.3, 0.4) is 0 Å². The standard InChI is InChI=1S/C18H18Br2N2O3/c1-10-8-13(19)9-11(2)16(10)25-12(3)17(23)21-22-18(24)14-6-4-5-7-15(14)20/h4-9,12H,1-3H3,(H,21,23)(H,22,24). The van der Waals surface area contributed by atoms with Crippen molar-refractivity contribution < 1.29 is 14.3 Å². The monoisotopic (exact) mass is 468 g/mol. The van der Waals surface area contributed by atoms with E-state index >= 15 is 0 Å². The minimum Gasteiger partial charge on any atom is -0.480 e. The van der Waals surface area contributed by atoms with E-state index < -0.39 is 17.9 Å². The van der Waals surface area contributed by atoms with Gasteiger partial charge in [-0.25, -0.2) is 0 Å². The lowest BCUT2D eigenvalue weighted by atomic mass is 10.1. The summed E-state index contributed by atoms with van der Waals surface area (Å²) in [6, 6.07) is 10.8. The highest BCUT2D eigenvalue weighted by molar-refractivity contribution is 9.10. The van der Waals surface area contributed by atoms with E-state index in [1.807, 2.05) is 26.0 Å². The Morgan fingerprint density at radius 2 is 1.64 bits per heavy atom. The molecule has 25 heavy (non-hydrogen) atoms. The van der Waals surface area contributed by atoms with Crippen molar-refractivity contribution in [2.75, 3.05) is 0 Å². The number of amides is 2. The first kappa shape index (κ1) is 19.5. The molecule has 2 aromatic carbocycles. The number of rotatable bonds is 4. The van der Waals surface area contributed by atoms with Gasteiger partial charge in [0, 0.05) is 8.95 Å². The fourth-order valence-electron chi connectivity index (χ4n) is 2.25. The summed E-state index contributed by atoms with van der Waals surface area (Å²) >= 11 is 6.72. The van der Waals surface area contributed by atoms with E-state index in [-0.39, 0.29) is 0 Å². The van der Waals surface area contributed by atoms with Crippen molar-refractivity contribution >= 4 is 43.7 Å². The quantitative estimate of drug-likeness (QED) is 0.663. The molecule has 0 radical (unpaired) electrons. The zero-order chi connectivity index (χ0) is 18.6. The Bertz CT molecular complexity index is 786. The first-order valence-corrected chi connectivity index (χ1v) is 9.16. The molecule has 1 unspecified atom stereocenters. The second-order valence-electron chi connectivity index (χ2n) is 5.55. The van der Waals surface area contributed by atoms with Crippen molar-refractivity contribution in [2.24, 2.45) is 0 Å². The van der Waals surface area contributed by atoms with Gasteiger partial charge >= 0.3 is 0 Å². The van der Waals surface area contributed by atoms with Gasteiger partial charge in [0.2, 0.25) is 0 Å². The van der Waals surface area contributed by atoms with Crippen LogP contribution in [0.25, 0.3) is 0 Å². The van der Waals surface area contributed by atoms with Crippen LogP contribution in [0.5, 0.6) is 5.75 Å². The molecule has 0 bridgehead atoms. The number of carbonyl (C=O) groups is 2. The van der Waals surface area contributed by atoms with Gasteiger partial charge in [-0.1, -0.05) is 28.1 Å². The number of nitrogens with one attached hydrogen (secondary N) is 2. The Hall–Kier alpha value is -1.86. The van der Waals surface area contributed by atoms with Gasteiger partial charge in [-0.05, 0) is 72.1 Å². The predicted molar refractivity (Wildman–Crippen MR) is 103 cm³/mol. The lowest BCUT2D eigenvalue weighted by molar-refractivity contribution is -0.128. The van der Waals surface area contributed by atoms with Crippen LogP contribution >= 0.6 is 31.9 Å². The molecule has 0 aliphatic heterocycles. The van der Waals surface area contributed by atoms with Crippen molar-refractivity contribution in [3.8, 4) is 5.75 Å². The molecule has 1 atom stereocenters. The fourth-order valence-corrected chi connectivity index (χ4v) is 3.40. The van der Waals surface area contributed by atoms with Gasteiger partial charge in [-0.3, -0.25) is 20.4 Å². The summed E-state index contributed by atoms with van der Waals surface area (Å²) < 4.78 is 7.36. The van der Waals surface area contributed by atoms with E-state index in [0.717, 1.165) is 15.6 Å². The van der Waals surface area contributed by atoms with E-state index in [1.165, 1.54) is 0 Å². The Morgan fingerprint density at radius 3 is 2.24 bits per heavy atom. The van der Waals surface area contributed by atoms with Gasteiger partial charge in [-0.2, -0.15) is 0 Å². The van der Waals surface area contributed by atoms with E-state index in [9.17, 15) is 9.59 Å². The topological polar surface area (TPSA) is 67.4 Å². The highest BCUT2D eigenvalue weighted by atomic mass is 79.9. The molecule has 0 saturated heterocycles. The second-order valence-corrected chi connectivity index (χ2v) is 7.32. The highest BCUT2D eigenvalue weighted by Crippen LogP contribution is 2.28. The first-order valence-electron chi connectivity index (χ1n) is 7.57. The Labute approximate surface area is 163 Å². The molecule has 0 heterocycles. The second kappa shape index (κ2) is 8.49. The summed E-state index contributed by atoms with van der Waals surface area (Å²) in [6.45, 7) is 5.44. The zero-order valence-corrected chi connectivity index (χ0v) is 17.2. The van der Waals surface area contributed by atoms with Crippen molar-refractivity contribution in [2.45, 2.75) is 26.9 Å². The van der Waals surface area contributed by atoms with Crippen LogP contribution in [0.15, 0.2) is 45.3 Å². The van der Waals surface area contributed by atoms with Crippen LogP contribution < -0.4 is 15.6 Å². The average molecular weight is 470 g/mol. The molecule has 0 aromatic heterocycles. The van der Waals surface area contributed by atoms with Gasteiger partial charge in [0.1, 0.15) is 5.75 Å². The maximum Gasteiger partial charge on any atom is 0.279 e. The van der Waals surface area contributed by atoms with Crippen molar-refractivity contribution in [1.82, 2.24) is 10.9 Å². The predicted octanol–water partition coefficient (Wildman–Crippen LogP) is 4.06. The maximum atomic E-state index is 12.2. The molecular formula is C18H18Br2N2O3. The SMILES string of the molecule is Cc1cc(Br)cc(C)c1OC(C)C(=O)NNC(=O)c1ccccc1Br. The summed E-state index contributed by atoms with van der Waals surface area (Å²) in [5, 5.41) is 0. The number of hydrogen-bond acceptors (Lipinski definition) is 3. The molecule has 0 fully saturated rings. The maximum absolute atomic E-state index is 12.2. The molecule has 5 nitrogen and oxygen atoms in total. The summed E-state index contributed by atoms with van der Waals surface area (Å²) in [4.78, 5) is 24.3. The molecule has 2 rings (SSSR count). The van der Waals surface area contributed by atoms with E-state index in [1.54, 1.807) is 31.2 Å². The Morgan fingerprint density at radius 1 is 1.04 bits per heavy atom. The van der Waals surface area contributed by atoms with E-state index in [4.69, 9.17) is 4.74 Å². The van der Waals surface area contributed by atoms with Crippen LogP contribution in [0.1, 0.15) is 28.4 Å². The molecule has 0 saturated carbocycles. The van der Waals surface area contributed by atoms with Gasteiger partial charge in [0.15, 0.2) is 6.10 Å². The highest BCUT2D eigenvalue weighted by Gasteiger charge is 2.18. The van der Waals surface area contributed by atoms with Gasteiger partial charge in [-0.15, -0.1) is 0 Å². The zero-order valence-electron chi connectivity index (χ0n) is 14.0. The number of carbonyl (C=O) groups excluding carboxylic acids is 2. The van der Waals surface area contributed by atoms with E-state index in [0.29, 0.717) is 15.8 Å². The lowest BCUT2D eigenvalue weighted by Crippen LogP contribution is -2.47. The van der Waals surface area contributed by atoms with E-state index in [2.05, 4.69) is 42.7 Å². The molecule has 7 heteroatoms. The van der Waals surface area contributed by atoms with Gasteiger partial charge in [0.25, 0.3) is 11.8 Å². The summed E-state index contributed by atoms with van der Waals surface area (Å²) in [6.07, 6.45) is -0.766. The molecule has 2 aromatic rings. The molecule has 0 aliphatic carbocycles. The minimum atomic E-state index is -0.766. The van der Waals surface area contributed by atoms with Gasteiger partial charge < -0.3 is 4.74 Å². The largest absolute Gasteiger partial charge is 0.480 e. The first-order chi connectivity index (χ1) is 11.8. The fraction of sp³-hybridized carbons (Fsp3) is 0.222. The molecule has 132 valence electrons. The summed E-state index contributed by atoms with van der Waals surface area (Å²) in [7, 11) is 0. The third-order valence-electron chi connectivity index (χ3n) is 3.51. The molecule has 2 amide bonds. The van der Waals surface area contributed by atoms with Crippen LogP contribution in [0.2, 0.25) is 0 Å². The number of hydrogen-bond donors (Lipinski definition) is 2. The average Bonchev–Trinajstić information content (AvgIpc) is 2.55. The number of benzene rings is 2. The minimum absolute atomic E-state index is 0.413. The molecule has 0 aliphatic rings. The normalized spacial score (nSPS) is 11.6. The van der Waals surface area contributed by atoms with Crippen LogP contribution in [-0.4, -0.2) is 17.9 Å². The Kier molecular flexibility index (Phi) is 6.61. The molecular weight excluding hydrogens is 452 g/mol. The smallest absolute Gasteiger partial charge is 0.279 e. The van der Waals surface area contributed by atoms with Crippen molar-refractivity contribution in [1.29, 1.82) is 0 Å². The summed E-state index contributed by atoms with van der Waals surface area (Å²) in [5.74, 6) is -0.200. The molecule has 2 N–H and O–H groups in total. The lowest BCUT2D eigenvalue weighted by Gasteiger charge is -2.18. The van der Waals surface area contributed by atoms with Gasteiger partial charge in [0.05, 0.1) is 5.56 Å². The third-order valence-corrected chi connectivity index (χ3v) is 4.66. The summed E-state index contributed by atoms with van der Waals surface area (Å²) in [5.41, 5.74) is 7.04. The number of hydrazine groups is 1. The van der Waals surface area contributed by atoms with Crippen LogP contribution in [0.4, 0.5) is 0 Å². The van der Waals surface area contributed by atoms with Crippen LogP contribution in [-0.2, 0) is 4.79 Å². The van der Waals surface area contributed by atoms with Crippen molar-refractivity contribution in [3.05, 3.63) is 62.0 Å². The number of aryl methyl sites for hydroxylation is 2. The number of ether oxygens (including phenoxy) is 1. The van der Waals surface area contributed by atoms with Crippen molar-refractivity contribution in [3.63, 3.8) is 0 Å². The third kappa shape index (κ3) is 5.06. The van der Waals surface area contributed by atoms with Crippen LogP contribution in [0, 0.1) is 13.8 Å². The Balaban J connectivity index is 1.97. The molecule has 0 spiro atoms.